The molecule has 2 rings (SSSR count). The summed E-state index contributed by atoms with van der Waals surface area (Å²) in [5, 5.41) is 8.87. The predicted octanol–water partition coefficient (Wildman–Crippen LogP) is 3.26. The van der Waals surface area contributed by atoms with Gasteiger partial charge in [0.1, 0.15) is 0 Å². The number of rotatable bonds is 5. The zero-order chi connectivity index (χ0) is 13.7. The number of carbonyl (C=O) groups is 1. The molecule has 19 heavy (non-hydrogen) atoms. The first kappa shape index (κ1) is 13.7. The minimum Gasteiger partial charge on any atom is -0.478 e. The van der Waals surface area contributed by atoms with E-state index in [9.17, 15) is 4.79 Å². The molecule has 0 fully saturated rings. The van der Waals surface area contributed by atoms with Gasteiger partial charge in [0.05, 0.1) is 18.8 Å². The molecule has 0 saturated heterocycles. The van der Waals surface area contributed by atoms with Crippen molar-refractivity contribution < 1.29 is 14.6 Å². The van der Waals surface area contributed by atoms with Crippen molar-refractivity contribution in [3.63, 3.8) is 0 Å². The number of benzene rings is 1. The normalized spacial score (nSPS) is 10.4. The molecule has 0 radical (unpaired) electrons. The van der Waals surface area contributed by atoms with Crippen molar-refractivity contribution in [2.45, 2.75) is 13.2 Å². The molecular weight excluding hydrogens is 310 g/mol. The molecule has 98 valence electrons. The number of carboxylic acid groups (broad SMARTS) is 1. The van der Waals surface area contributed by atoms with E-state index >= 15 is 0 Å². The molecule has 0 saturated carbocycles. The van der Waals surface area contributed by atoms with Crippen LogP contribution in [-0.4, -0.2) is 16.1 Å². The Bertz CT molecular complexity index is 572. The van der Waals surface area contributed by atoms with Gasteiger partial charge in [-0.05, 0) is 35.4 Å². The lowest BCUT2D eigenvalue weighted by atomic mass is 10.1. The maximum absolute atomic E-state index is 10.8. The second-order valence-electron chi connectivity index (χ2n) is 3.96. The quantitative estimate of drug-likeness (QED) is 0.918. The molecule has 1 heterocycles. The lowest BCUT2D eigenvalue weighted by Crippen LogP contribution is -1.99. The van der Waals surface area contributed by atoms with E-state index in [0.29, 0.717) is 13.2 Å². The Morgan fingerprint density at radius 1 is 1.21 bits per heavy atom. The Kier molecular flexibility index (Phi) is 4.65. The molecule has 0 aliphatic carbocycles. The molecule has 0 aliphatic heterocycles. The van der Waals surface area contributed by atoms with Crippen molar-refractivity contribution in [1.82, 2.24) is 4.98 Å². The highest BCUT2D eigenvalue weighted by molar-refractivity contribution is 9.10. The summed E-state index contributed by atoms with van der Waals surface area (Å²) in [6.45, 7) is 0.915. The summed E-state index contributed by atoms with van der Waals surface area (Å²) in [5.41, 5.74) is 2.22. The Morgan fingerprint density at radius 2 is 1.95 bits per heavy atom. The number of hydrogen-bond donors (Lipinski definition) is 1. The van der Waals surface area contributed by atoms with E-state index in [2.05, 4.69) is 20.9 Å². The number of halogens is 1. The number of ether oxygens (including phenoxy) is 1. The molecule has 0 spiro atoms. The van der Waals surface area contributed by atoms with Crippen LogP contribution in [0.15, 0.2) is 47.2 Å². The highest BCUT2D eigenvalue weighted by atomic mass is 79.9. The first-order valence-electron chi connectivity index (χ1n) is 5.65. The standard InChI is InChI=1S/C14H12BrNO3/c15-13-7-11(14(17)18)1-2-12(13)9-19-8-10-3-5-16-6-4-10/h1-7H,8-9H2,(H,17,18). The van der Waals surface area contributed by atoms with E-state index in [1.165, 1.54) is 0 Å². The fourth-order valence-electron chi connectivity index (χ4n) is 1.56. The van der Waals surface area contributed by atoms with Crippen LogP contribution >= 0.6 is 15.9 Å². The molecular formula is C14H12BrNO3. The van der Waals surface area contributed by atoms with Crippen LogP contribution in [0.3, 0.4) is 0 Å². The van der Waals surface area contributed by atoms with Crippen molar-refractivity contribution >= 4 is 21.9 Å². The average Bonchev–Trinajstić information content (AvgIpc) is 2.41. The molecule has 0 aliphatic rings. The Hall–Kier alpha value is -1.72. The third kappa shape index (κ3) is 3.87. The molecule has 0 atom stereocenters. The fraction of sp³-hybridized carbons (Fsp3) is 0.143. The number of aromatic carboxylic acids is 1. The first-order valence-corrected chi connectivity index (χ1v) is 6.44. The smallest absolute Gasteiger partial charge is 0.335 e. The monoisotopic (exact) mass is 321 g/mol. The molecule has 1 aromatic carbocycles. The van der Waals surface area contributed by atoms with Crippen molar-refractivity contribution in [2.75, 3.05) is 0 Å². The summed E-state index contributed by atoms with van der Waals surface area (Å²) < 4.78 is 6.32. The Labute approximate surface area is 119 Å². The SMILES string of the molecule is O=C(O)c1ccc(COCc2ccncc2)c(Br)c1. The van der Waals surface area contributed by atoms with Crippen molar-refractivity contribution in [3.8, 4) is 0 Å². The van der Waals surface area contributed by atoms with Gasteiger partial charge in [-0.3, -0.25) is 4.98 Å². The van der Waals surface area contributed by atoms with Crippen LogP contribution in [-0.2, 0) is 18.0 Å². The summed E-state index contributed by atoms with van der Waals surface area (Å²) in [6.07, 6.45) is 3.44. The number of pyridine rings is 1. The van der Waals surface area contributed by atoms with Gasteiger partial charge in [-0.2, -0.15) is 0 Å². The minimum absolute atomic E-state index is 0.254. The lowest BCUT2D eigenvalue weighted by molar-refractivity contribution is 0.0696. The van der Waals surface area contributed by atoms with Gasteiger partial charge in [0, 0.05) is 16.9 Å². The lowest BCUT2D eigenvalue weighted by Gasteiger charge is -2.07. The van der Waals surface area contributed by atoms with E-state index in [1.807, 2.05) is 12.1 Å². The van der Waals surface area contributed by atoms with Crippen LogP contribution in [0.5, 0.6) is 0 Å². The minimum atomic E-state index is -0.940. The zero-order valence-electron chi connectivity index (χ0n) is 10.0. The van der Waals surface area contributed by atoms with Crippen LogP contribution in [0, 0.1) is 0 Å². The molecule has 0 bridgehead atoms. The van der Waals surface area contributed by atoms with Gasteiger partial charge in [0.15, 0.2) is 0 Å². The predicted molar refractivity (Wildman–Crippen MR) is 73.8 cm³/mol. The van der Waals surface area contributed by atoms with Gasteiger partial charge in [0.25, 0.3) is 0 Å². The Morgan fingerprint density at radius 3 is 2.58 bits per heavy atom. The van der Waals surface area contributed by atoms with Crippen LogP contribution < -0.4 is 0 Å². The Balaban J connectivity index is 1.95. The first-order chi connectivity index (χ1) is 9.16. The number of hydrogen-bond acceptors (Lipinski definition) is 3. The molecule has 4 nitrogen and oxygen atoms in total. The van der Waals surface area contributed by atoms with E-state index in [0.717, 1.165) is 15.6 Å². The third-order valence-corrected chi connectivity index (χ3v) is 3.31. The molecule has 1 aromatic heterocycles. The van der Waals surface area contributed by atoms with E-state index in [-0.39, 0.29) is 5.56 Å². The number of aromatic nitrogens is 1. The fourth-order valence-corrected chi connectivity index (χ4v) is 2.05. The van der Waals surface area contributed by atoms with Crippen molar-refractivity contribution in [3.05, 3.63) is 63.9 Å². The molecule has 0 amide bonds. The summed E-state index contributed by atoms with van der Waals surface area (Å²) in [6, 6.07) is 8.68. The molecule has 1 N–H and O–H groups in total. The van der Waals surface area contributed by atoms with Crippen molar-refractivity contribution in [2.24, 2.45) is 0 Å². The summed E-state index contributed by atoms with van der Waals surface area (Å²) in [5.74, 6) is -0.940. The van der Waals surface area contributed by atoms with E-state index < -0.39 is 5.97 Å². The van der Waals surface area contributed by atoms with Crippen molar-refractivity contribution in [1.29, 1.82) is 0 Å². The van der Waals surface area contributed by atoms with Gasteiger partial charge >= 0.3 is 5.97 Å². The van der Waals surface area contributed by atoms with Crippen LogP contribution in [0.1, 0.15) is 21.5 Å². The van der Waals surface area contributed by atoms with Gasteiger partial charge in [-0.1, -0.05) is 22.0 Å². The highest BCUT2D eigenvalue weighted by Crippen LogP contribution is 2.20. The maximum atomic E-state index is 10.8. The van der Waals surface area contributed by atoms with Gasteiger partial charge < -0.3 is 9.84 Å². The van der Waals surface area contributed by atoms with Crippen LogP contribution in [0.2, 0.25) is 0 Å². The van der Waals surface area contributed by atoms with Crippen LogP contribution in [0.25, 0.3) is 0 Å². The number of nitrogens with zero attached hydrogens (tertiary/aromatic N) is 1. The van der Waals surface area contributed by atoms with E-state index in [4.69, 9.17) is 9.84 Å². The second kappa shape index (κ2) is 6.45. The number of carboxylic acids is 1. The van der Waals surface area contributed by atoms with Gasteiger partial charge in [0.2, 0.25) is 0 Å². The average molecular weight is 322 g/mol. The van der Waals surface area contributed by atoms with Gasteiger partial charge in [-0.15, -0.1) is 0 Å². The largest absolute Gasteiger partial charge is 0.478 e. The highest BCUT2D eigenvalue weighted by Gasteiger charge is 2.06. The van der Waals surface area contributed by atoms with Gasteiger partial charge in [-0.25, -0.2) is 4.79 Å². The maximum Gasteiger partial charge on any atom is 0.335 e. The van der Waals surface area contributed by atoms with E-state index in [1.54, 1.807) is 30.6 Å². The summed E-state index contributed by atoms with van der Waals surface area (Å²) in [7, 11) is 0. The summed E-state index contributed by atoms with van der Waals surface area (Å²) in [4.78, 5) is 14.7. The third-order valence-electron chi connectivity index (χ3n) is 2.58. The second-order valence-corrected chi connectivity index (χ2v) is 4.81. The topological polar surface area (TPSA) is 59.4 Å². The summed E-state index contributed by atoms with van der Waals surface area (Å²) >= 11 is 3.35. The zero-order valence-corrected chi connectivity index (χ0v) is 11.6. The molecule has 2 aromatic rings. The molecule has 5 heteroatoms. The molecule has 0 unspecified atom stereocenters. The van der Waals surface area contributed by atoms with Crippen LogP contribution in [0.4, 0.5) is 0 Å².